The minimum Gasteiger partial charge on any atom is -0.466 e. The fourth-order valence-corrected chi connectivity index (χ4v) is 1.23. The maximum absolute atomic E-state index is 11.0. The Balaban J connectivity index is 2.53. The molecule has 0 aliphatic heterocycles. The van der Waals surface area contributed by atoms with Gasteiger partial charge in [-0.1, -0.05) is 0 Å². The second kappa shape index (κ2) is 3.93. The summed E-state index contributed by atoms with van der Waals surface area (Å²) in [5.74, 6) is -0.379. The van der Waals surface area contributed by atoms with Gasteiger partial charge in [-0.05, 0) is 18.9 Å². The first kappa shape index (κ1) is 9.57. The Morgan fingerprint density at radius 3 is 2.85 bits per heavy atom. The summed E-state index contributed by atoms with van der Waals surface area (Å²) in [5, 5.41) is 0. The monoisotopic (exact) mass is 185 g/mol. The maximum atomic E-state index is 11.0. The molecule has 1 atom stereocenters. The lowest BCUT2D eigenvalue weighted by Gasteiger charge is -2.05. The van der Waals surface area contributed by atoms with Crippen molar-refractivity contribution in [2.24, 2.45) is 5.73 Å². The molecule has 0 aromatic rings. The van der Waals surface area contributed by atoms with E-state index < -0.39 is 6.09 Å². The van der Waals surface area contributed by atoms with E-state index in [1.54, 1.807) is 6.08 Å². The van der Waals surface area contributed by atoms with Crippen LogP contribution in [0, 0.1) is 0 Å². The van der Waals surface area contributed by atoms with Crippen LogP contribution in [0.25, 0.3) is 0 Å². The largest absolute Gasteiger partial charge is 0.466 e. The van der Waals surface area contributed by atoms with E-state index in [4.69, 9.17) is 10.5 Å². The van der Waals surface area contributed by atoms with E-state index >= 15 is 0 Å². The molecule has 0 fully saturated rings. The van der Waals surface area contributed by atoms with Crippen LogP contribution in [0.5, 0.6) is 0 Å². The van der Waals surface area contributed by atoms with Crippen molar-refractivity contribution in [2.45, 2.75) is 18.9 Å². The average Bonchev–Trinajstić information content (AvgIpc) is 2.50. The number of primary amides is 1. The number of nitrogens with two attached hydrogens (primary N) is 1. The number of rotatable bonds is 2. The van der Waals surface area contributed by atoms with Crippen LogP contribution in [-0.4, -0.2) is 25.3 Å². The van der Waals surface area contributed by atoms with Crippen LogP contribution >= 0.6 is 0 Å². The number of ether oxygens (including phenoxy) is 2. The van der Waals surface area contributed by atoms with Crippen LogP contribution in [0.3, 0.4) is 0 Å². The average molecular weight is 185 g/mol. The third-order valence-corrected chi connectivity index (χ3v) is 1.80. The van der Waals surface area contributed by atoms with Crippen LogP contribution in [-0.2, 0) is 14.3 Å². The van der Waals surface area contributed by atoms with Crippen LogP contribution in [0.15, 0.2) is 11.6 Å². The number of hydrogen-bond donors (Lipinski definition) is 1. The Hall–Kier alpha value is -1.52. The van der Waals surface area contributed by atoms with Gasteiger partial charge in [0.15, 0.2) is 0 Å². The molecule has 1 rings (SSSR count). The highest BCUT2D eigenvalue weighted by molar-refractivity contribution is 5.89. The molecule has 1 amide bonds. The zero-order valence-corrected chi connectivity index (χ0v) is 7.28. The molecular formula is C8H11NO4. The molecule has 0 bridgehead atoms. The third-order valence-electron chi connectivity index (χ3n) is 1.80. The van der Waals surface area contributed by atoms with Crippen molar-refractivity contribution in [1.29, 1.82) is 0 Å². The Labute approximate surface area is 75.5 Å². The van der Waals surface area contributed by atoms with E-state index in [0.717, 1.165) is 0 Å². The molecule has 5 heteroatoms. The highest BCUT2D eigenvalue weighted by Gasteiger charge is 2.22. The van der Waals surface area contributed by atoms with Crippen molar-refractivity contribution in [3.05, 3.63) is 11.6 Å². The topological polar surface area (TPSA) is 78.6 Å². The van der Waals surface area contributed by atoms with Gasteiger partial charge in [-0.2, -0.15) is 0 Å². The van der Waals surface area contributed by atoms with E-state index in [9.17, 15) is 9.59 Å². The van der Waals surface area contributed by atoms with Gasteiger partial charge < -0.3 is 15.2 Å². The molecule has 1 unspecified atom stereocenters. The predicted octanol–water partition coefficient (Wildman–Crippen LogP) is 0.344. The zero-order valence-electron chi connectivity index (χ0n) is 7.28. The lowest BCUT2D eigenvalue weighted by atomic mass is 10.2. The van der Waals surface area contributed by atoms with Gasteiger partial charge in [-0.3, -0.25) is 0 Å². The molecule has 13 heavy (non-hydrogen) atoms. The van der Waals surface area contributed by atoms with Gasteiger partial charge >= 0.3 is 12.1 Å². The molecule has 0 saturated heterocycles. The van der Waals surface area contributed by atoms with E-state index in [1.165, 1.54) is 7.11 Å². The summed E-state index contributed by atoms with van der Waals surface area (Å²) in [5.41, 5.74) is 5.36. The zero-order chi connectivity index (χ0) is 9.84. The van der Waals surface area contributed by atoms with Gasteiger partial charge in [0.25, 0.3) is 0 Å². The van der Waals surface area contributed by atoms with Crippen LogP contribution in [0.1, 0.15) is 12.8 Å². The SMILES string of the molecule is COC(=O)C1=CC(OC(N)=O)CC1. The predicted molar refractivity (Wildman–Crippen MR) is 43.8 cm³/mol. The normalized spacial score (nSPS) is 20.7. The van der Waals surface area contributed by atoms with Crippen LogP contribution in [0.2, 0.25) is 0 Å². The fourth-order valence-electron chi connectivity index (χ4n) is 1.23. The Kier molecular flexibility index (Phi) is 2.89. The van der Waals surface area contributed by atoms with Gasteiger partial charge in [-0.25, -0.2) is 9.59 Å². The summed E-state index contributed by atoms with van der Waals surface area (Å²) in [4.78, 5) is 21.3. The van der Waals surface area contributed by atoms with Crippen molar-refractivity contribution in [3.8, 4) is 0 Å². The summed E-state index contributed by atoms with van der Waals surface area (Å²) in [7, 11) is 1.31. The number of hydrogen-bond acceptors (Lipinski definition) is 4. The van der Waals surface area contributed by atoms with Crippen molar-refractivity contribution in [1.82, 2.24) is 0 Å². The Bertz CT molecular complexity index is 259. The number of carbonyl (C=O) groups is 2. The first-order valence-corrected chi connectivity index (χ1v) is 3.88. The van der Waals surface area contributed by atoms with Crippen LogP contribution in [0.4, 0.5) is 4.79 Å². The quantitative estimate of drug-likeness (QED) is 0.629. The second-order valence-electron chi connectivity index (χ2n) is 2.70. The van der Waals surface area contributed by atoms with E-state index in [2.05, 4.69) is 4.74 Å². The fraction of sp³-hybridized carbons (Fsp3) is 0.500. The number of carbonyl (C=O) groups excluding carboxylic acids is 2. The number of amides is 1. The minimum atomic E-state index is -0.827. The highest BCUT2D eigenvalue weighted by Crippen LogP contribution is 2.21. The molecule has 0 heterocycles. The van der Waals surface area contributed by atoms with Crippen molar-refractivity contribution in [3.63, 3.8) is 0 Å². The van der Waals surface area contributed by atoms with E-state index in [0.29, 0.717) is 18.4 Å². The van der Waals surface area contributed by atoms with E-state index in [-0.39, 0.29) is 12.1 Å². The van der Waals surface area contributed by atoms with Crippen molar-refractivity contribution >= 4 is 12.1 Å². The first-order chi connectivity index (χ1) is 6.13. The number of esters is 1. The lowest BCUT2D eigenvalue weighted by molar-refractivity contribution is -0.136. The summed E-state index contributed by atoms with van der Waals surface area (Å²) in [6, 6.07) is 0. The summed E-state index contributed by atoms with van der Waals surface area (Å²) >= 11 is 0. The first-order valence-electron chi connectivity index (χ1n) is 3.88. The highest BCUT2D eigenvalue weighted by atomic mass is 16.6. The smallest absolute Gasteiger partial charge is 0.405 e. The molecule has 1 aliphatic rings. The molecule has 72 valence electrons. The lowest BCUT2D eigenvalue weighted by Crippen LogP contribution is -2.19. The summed E-state index contributed by atoms with van der Waals surface area (Å²) < 4.78 is 9.20. The molecule has 5 nitrogen and oxygen atoms in total. The van der Waals surface area contributed by atoms with Gasteiger partial charge in [0.05, 0.1) is 7.11 Å². The Morgan fingerprint density at radius 2 is 2.31 bits per heavy atom. The molecule has 0 saturated carbocycles. The molecule has 0 aromatic heterocycles. The van der Waals surface area contributed by atoms with Gasteiger partial charge in [0, 0.05) is 5.57 Å². The molecule has 0 aromatic carbocycles. The minimum absolute atomic E-state index is 0.379. The van der Waals surface area contributed by atoms with Gasteiger partial charge in [0.2, 0.25) is 0 Å². The number of methoxy groups -OCH3 is 1. The standard InChI is InChI=1S/C8H11NO4/c1-12-7(10)5-2-3-6(4-5)13-8(9)11/h4,6H,2-3H2,1H3,(H2,9,11). The molecule has 2 N–H and O–H groups in total. The molecule has 1 aliphatic carbocycles. The summed E-state index contributed by atoms with van der Waals surface area (Å²) in [6.45, 7) is 0. The maximum Gasteiger partial charge on any atom is 0.405 e. The molecular weight excluding hydrogens is 174 g/mol. The van der Waals surface area contributed by atoms with E-state index in [1.807, 2.05) is 0 Å². The Morgan fingerprint density at radius 1 is 1.62 bits per heavy atom. The van der Waals surface area contributed by atoms with Gasteiger partial charge in [-0.15, -0.1) is 0 Å². The van der Waals surface area contributed by atoms with Crippen LogP contribution < -0.4 is 5.73 Å². The van der Waals surface area contributed by atoms with Gasteiger partial charge in [0.1, 0.15) is 6.10 Å². The molecule has 0 radical (unpaired) electrons. The van der Waals surface area contributed by atoms with Crippen molar-refractivity contribution < 1.29 is 19.1 Å². The summed E-state index contributed by atoms with van der Waals surface area (Å²) in [6.07, 6.45) is 1.51. The molecule has 0 spiro atoms. The van der Waals surface area contributed by atoms with Crippen molar-refractivity contribution in [2.75, 3.05) is 7.11 Å². The second-order valence-corrected chi connectivity index (χ2v) is 2.70. The third kappa shape index (κ3) is 2.47.